The first-order valence-electron chi connectivity index (χ1n) is 8.16. The van der Waals surface area contributed by atoms with Crippen molar-refractivity contribution in [1.82, 2.24) is 0 Å². The highest BCUT2D eigenvalue weighted by Crippen LogP contribution is 2.14. The highest BCUT2D eigenvalue weighted by atomic mass is 32.2. The van der Waals surface area contributed by atoms with Crippen molar-refractivity contribution in [2.45, 2.75) is 32.6 Å². The summed E-state index contributed by atoms with van der Waals surface area (Å²) >= 11 is 0. The molecule has 2 aromatic rings. The summed E-state index contributed by atoms with van der Waals surface area (Å²) in [5.74, 6) is -0.667. The Morgan fingerprint density at radius 1 is 1.12 bits per heavy atom. The van der Waals surface area contributed by atoms with E-state index < -0.39 is 16.0 Å². The van der Waals surface area contributed by atoms with Crippen LogP contribution >= 0.6 is 0 Å². The lowest BCUT2D eigenvalue weighted by atomic mass is 10.2. The van der Waals surface area contributed by atoms with E-state index in [1.54, 1.807) is 49.6 Å². The molecule has 7 heteroatoms. The average molecular weight is 374 g/mol. The van der Waals surface area contributed by atoms with Crippen LogP contribution in [0, 0.1) is 20.8 Å². The Kier molecular flexibility index (Phi) is 6.15. The van der Waals surface area contributed by atoms with Crippen LogP contribution in [-0.2, 0) is 14.8 Å². The summed E-state index contributed by atoms with van der Waals surface area (Å²) in [5, 5.41) is 11.9. The molecule has 6 nitrogen and oxygen atoms in total. The number of pyridine rings is 1. The van der Waals surface area contributed by atoms with E-state index in [0.29, 0.717) is 0 Å². The highest BCUT2D eigenvalue weighted by molar-refractivity contribution is 7.90. The summed E-state index contributed by atoms with van der Waals surface area (Å²) in [6.45, 7) is 7.34. The first-order valence-corrected chi connectivity index (χ1v) is 9.60. The molecular formula is C19H22N2O4S. The first-order chi connectivity index (χ1) is 12.2. The number of aryl methyl sites for hydroxylation is 3. The van der Waals surface area contributed by atoms with Gasteiger partial charge >= 0.3 is 15.9 Å². The van der Waals surface area contributed by atoms with Gasteiger partial charge in [0.2, 0.25) is 0 Å². The van der Waals surface area contributed by atoms with Crippen molar-refractivity contribution in [2.75, 3.05) is 6.61 Å². The van der Waals surface area contributed by atoms with Gasteiger partial charge < -0.3 is 9.84 Å². The molecule has 0 radical (unpaired) electrons. The van der Waals surface area contributed by atoms with Gasteiger partial charge in [-0.25, -0.2) is 0 Å². The molecule has 0 aliphatic carbocycles. The fraction of sp³-hybridized carbons (Fsp3) is 0.263. The maximum absolute atomic E-state index is 12.7. The monoisotopic (exact) mass is 374 g/mol. The van der Waals surface area contributed by atoms with E-state index in [-0.39, 0.29) is 17.3 Å². The summed E-state index contributed by atoms with van der Waals surface area (Å²) in [6, 6.07) is 11.8. The Morgan fingerprint density at radius 2 is 1.69 bits per heavy atom. The van der Waals surface area contributed by atoms with E-state index in [0.717, 1.165) is 23.0 Å². The van der Waals surface area contributed by atoms with Gasteiger partial charge in [-0.15, -0.1) is 0 Å². The lowest BCUT2D eigenvalue weighted by Crippen LogP contribution is -2.48. The van der Waals surface area contributed by atoms with Crippen LogP contribution in [0.2, 0.25) is 0 Å². The zero-order valence-corrected chi connectivity index (χ0v) is 16.1. The number of ether oxygens (including phenoxy) is 1. The van der Waals surface area contributed by atoms with Gasteiger partial charge in [-0.3, -0.25) is 0 Å². The molecule has 26 heavy (non-hydrogen) atoms. The molecule has 0 saturated heterocycles. The van der Waals surface area contributed by atoms with Gasteiger partial charge in [-0.2, -0.15) is 13.0 Å². The molecule has 0 bridgehead atoms. The third-order valence-corrected chi connectivity index (χ3v) is 4.97. The molecule has 0 unspecified atom stereocenters. The lowest BCUT2D eigenvalue weighted by molar-refractivity contribution is -0.568. The van der Waals surface area contributed by atoms with E-state index in [4.69, 9.17) is 4.74 Å². The molecule has 0 N–H and O–H groups in total. The summed E-state index contributed by atoms with van der Waals surface area (Å²) in [6.07, 6.45) is 1.09. The molecule has 1 aromatic heterocycles. The first kappa shape index (κ1) is 19.7. The van der Waals surface area contributed by atoms with Crippen LogP contribution < -0.4 is 9.67 Å². The number of rotatable bonds is 5. The van der Waals surface area contributed by atoms with Gasteiger partial charge in [0.15, 0.2) is 0 Å². The van der Waals surface area contributed by atoms with E-state index >= 15 is 0 Å². The van der Waals surface area contributed by atoms with Gasteiger partial charge in [0.1, 0.15) is 16.3 Å². The van der Waals surface area contributed by atoms with Crippen molar-refractivity contribution in [3.8, 4) is 0 Å². The van der Waals surface area contributed by atoms with Crippen molar-refractivity contribution < 1.29 is 22.8 Å². The van der Waals surface area contributed by atoms with Crippen molar-refractivity contribution in [1.29, 1.82) is 0 Å². The van der Waals surface area contributed by atoms with Crippen LogP contribution in [-0.4, -0.2) is 20.9 Å². The second-order valence-corrected chi connectivity index (χ2v) is 7.38. The normalized spacial score (nSPS) is 12.9. The SMILES string of the molecule is CCO/C([O-])=C/C(=N\S(=O)(=O)c1ccc(C)cc1)[n+]1c(C)cccc1C. The molecular weight excluding hydrogens is 352 g/mol. The summed E-state index contributed by atoms with van der Waals surface area (Å²) in [7, 11) is -3.99. The van der Waals surface area contributed by atoms with Crippen LogP contribution in [0.3, 0.4) is 0 Å². The minimum atomic E-state index is -3.99. The number of hydrogen-bond acceptors (Lipinski definition) is 4. The molecule has 0 amide bonds. The quantitative estimate of drug-likeness (QED) is 0.346. The summed E-state index contributed by atoms with van der Waals surface area (Å²) < 4.78 is 35.9. The van der Waals surface area contributed by atoms with E-state index in [1.807, 2.05) is 13.0 Å². The van der Waals surface area contributed by atoms with Gasteiger partial charge in [0.25, 0.3) is 0 Å². The predicted octanol–water partition coefficient (Wildman–Crippen LogP) is 1.77. The molecule has 1 heterocycles. The van der Waals surface area contributed by atoms with E-state index in [9.17, 15) is 13.5 Å². The van der Waals surface area contributed by atoms with Crippen LogP contribution in [0.25, 0.3) is 0 Å². The van der Waals surface area contributed by atoms with E-state index in [1.165, 1.54) is 12.1 Å². The fourth-order valence-electron chi connectivity index (χ4n) is 2.42. The fourth-order valence-corrected chi connectivity index (χ4v) is 3.39. The third-order valence-electron chi connectivity index (χ3n) is 3.68. The summed E-state index contributed by atoms with van der Waals surface area (Å²) in [4.78, 5) is 0.0599. The molecule has 0 spiro atoms. The number of allylic oxidation sites excluding steroid dienone is 1. The second-order valence-electron chi connectivity index (χ2n) is 5.78. The molecule has 0 fully saturated rings. The molecule has 0 aliphatic rings. The third kappa shape index (κ3) is 4.70. The van der Waals surface area contributed by atoms with Gasteiger partial charge in [0.05, 0.1) is 16.4 Å². The number of sulfonamides is 1. The van der Waals surface area contributed by atoms with Gasteiger partial charge in [0, 0.05) is 0 Å². The van der Waals surface area contributed by atoms with Crippen molar-refractivity contribution in [3.63, 3.8) is 0 Å². The van der Waals surface area contributed by atoms with Crippen LogP contribution in [0.4, 0.5) is 0 Å². The number of hydrogen-bond donors (Lipinski definition) is 0. The molecule has 0 saturated carbocycles. The zero-order chi connectivity index (χ0) is 19.3. The van der Waals surface area contributed by atoms with Crippen LogP contribution in [0.15, 0.2) is 63.8 Å². The van der Waals surface area contributed by atoms with E-state index in [2.05, 4.69) is 4.40 Å². The Labute approximate surface area is 154 Å². The molecule has 138 valence electrons. The van der Waals surface area contributed by atoms with Crippen LogP contribution in [0.1, 0.15) is 23.9 Å². The number of aromatic nitrogens is 1. The average Bonchev–Trinajstić information content (AvgIpc) is 2.54. The van der Waals surface area contributed by atoms with Gasteiger partial charge in [-0.1, -0.05) is 30.7 Å². The van der Waals surface area contributed by atoms with Crippen molar-refractivity contribution in [3.05, 3.63) is 71.4 Å². The highest BCUT2D eigenvalue weighted by Gasteiger charge is 2.25. The second kappa shape index (κ2) is 8.14. The number of nitrogens with zero attached hydrogens (tertiary/aromatic N) is 2. The zero-order valence-electron chi connectivity index (χ0n) is 15.3. The largest absolute Gasteiger partial charge is 0.613 e. The lowest BCUT2D eigenvalue weighted by Gasteiger charge is -2.12. The summed E-state index contributed by atoms with van der Waals surface area (Å²) in [5.41, 5.74) is 2.42. The Balaban J connectivity index is 2.65. The Bertz CT molecular complexity index is 926. The Morgan fingerprint density at radius 3 is 2.23 bits per heavy atom. The molecule has 0 aliphatic heterocycles. The van der Waals surface area contributed by atoms with Gasteiger partial charge in [-0.05, 0) is 51.6 Å². The Hall–Kier alpha value is -2.67. The standard InChI is InChI=1S/C19H22N2O4S/c1-5-25-19(22)13-18(21-15(3)7-6-8-16(21)4)20-26(23,24)17-11-9-14(2)10-12-17/h6-13H,5H2,1-4H3. The van der Waals surface area contributed by atoms with Crippen LogP contribution in [0.5, 0.6) is 0 Å². The molecule has 1 aromatic carbocycles. The smallest absolute Gasteiger partial charge is 0.370 e. The van der Waals surface area contributed by atoms with Crippen molar-refractivity contribution in [2.24, 2.45) is 4.40 Å². The minimum Gasteiger partial charge on any atom is -0.613 e. The predicted molar refractivity (Wildman–Crippen MR) is 97.0 cm³/mol. The molecule has 0 atom stereocenters. The maximum Gasteiger partial charge on any atom is 0.370 e. The van der Waals surface area contributed by atoms with Crippen molar-refractivity contribution >= 4 is 15.9 Å². The number of benzene rings is 1. The maximum atomic E-state index is 12.7. The topological polar surface area (TPSA) is 82.7 Å². The molecule has 2 rings (SSSR count). The minimum absolute atomic E-state index is 0.0142.